The molecular weight excluding hydrogens is 270 g/mol. The molecule has 3 rings (SSSR count). The van der Waals surface area contributed by atoms with Gasteiger partial charge >= 0.3 is 11.7 Å². The highest BCUT2D eigenvalue weighted by Gasteiger charge is 2.31. The average Bonchev–Trinajstić information content (AvgIpc) is 2.83. The number of fused-ring (bicyclic) bond motifs is 1. The molecule has 0 saturated heterocycles. The van der Waals surface area contributed by atoms with E-state index in [0.717, 1.165) is 11.4 Å². The summed E-state index contributed by atoms with van der Waals surface area (Å²) in [5, 5.41) is 0. The van der Waals surface area contributed by atoms with Gasteiger partial charge in [-0.3, -0.25) is 4.79 Å². The first kappa shape index (κ1) is 13.7. The van der Waals surface area contributed by atoms with E-state index in [1.807, 2.05) is 30.3 Å². The minimum atomic E-state index is -0.393. The number of nitrogens with zero attached hydrogens (tertiary/aromatic N) is 1. The summed E-state index contributed by atoms with van der Waals surface area (Å²) in [6, 6.07) is 9.40. The standard InChI is InChI=1S/C16H17NO4/c1-2-20-15(18)11-8-9-13-14(10-11)21-16(19)17(13)12-6-4-3-5-7-12/h3-7,11H,2,8-10H2,1H3. The van der Waals surface area contributed by atoms with E-state index in [-0.39, 0.29) is 11.9 Å². The molecule has 5 heteroatoms. The molecule has 0 spiro atoms. The van der Waals surface area contributed by atoms with Crippen molar-refractivity contribution in [1.29, 1.82) is 0 Å². The smallest absolute Gasteiger partial charge is 0.424 e. The van der Waals surface area contributed by atoms with Gasteiger partial charge in [-0.2, -0.15) is 0 Å². The second kappa shape index (κ2) is 5.60. The minimum absolute atomic E-state index is 0.210. The third-order valence-electron chi connectivity index (χ3n) is 3.78. The number of oxazole rings is 1. The summed E-state index contributed by atoms with van der Waals surface area (Å²) >= 11 is 0. The molecule has 1 unspecified atom stereocenters. The molecule has 1 aliphatic rings. The lowest BCUT2D eigenvalue weighted by Gasteiger charge is -2.20. The summed E-state index contributed by atoms with van der Waals surface area (Å²) in [5.74, 6) is -0.214. The Labute approximate surface area is 122 Å². The van der Waals surface area contributed by atoms with E-state index in [1.54, 1.807) is 11.5 Å². The Balaban J connectivity index is 1.93. The zero-order valence-electron chi connectivity index (χ0n) is 11.9. The van der Waals surface area contributed by atoms with E-state index in [0.29, 0.717) is 31.6 Å². The third kappa shape index (κ3) is 2.51. The lowest BCUT2D eigenvalue weighted by molar-refractivity contribution is -0.148. The molecule has 1 aromatic carbocycles. The van der Waals surface area contributed by atoms with Crippen molar-refractivity contribution in [1.82, 2.24) is 4.57 Å². The topological polar surface area (TPSA) is 61.4 Å². The molecule has 0 aliphatic heterocycles. The number of esters is 1. The van der Waals surface area contributed by atoms with Crippen LogP contribution in [0.15, 0.2) is 39.5 Å². The third-order valence-corrected chi connectivity index (χ3v) is 3.78. The number of ether oxygens (including phenoxy) is 1. The molecule has 0 fully saturated rings. The van der Waals surface area contributed by atoms with Crippen LogP contribution in [0.2, 0.25) is 0 Å². The van der Waals surface area contributed by atoms with E-state index in [1.165, 1.54) is 0 Å². The Morgan fingerprint density at radius 3 is 2.86 bits per heavy atom. The Morgan fingerprint density at radius 2 is 2.14 bits per heavy atom. The fraction of sp³-hybridized carbons (Fsp3) is 0.375. The van der Waals surface area contributed by atoms with Gasteiger partial charge in [0.15, 0.2) is 0 Å². The molecule has 1 heterocycles. The Hall–Kier alpha value is -2.30. The summed E-state index contributed by atoms with van der Waals surface area (Å²) < 4.78 is 12.0. The van der Waals surface area contributed by atoms with Gasteiger partial charge < -0.3 is 9.15 Å². The van der Waals surface area contributed by atoms with Crippen LogP contribution in [0.4, 0.5) is 0 Å². The monoisotopic (exact) mass is 287 g/mol. The molecule has 0 saturated carbocycles. The van der Waals surface area contributed by atoms with Crippen molar-refractivity contribution in [3.8, 4) is 5.69 Å². The fourth-order valence-electron chi connectivity index (χ4n) is 2.79. The summed E-state index contributed by atoms with van der Waals surface area (Å²) in [4.78, 5) is 23.9. The summed E-state index contributed by atoms with van der Waals surface area (Å²) in [6.07, 6.45) is 1.75. The van der Waals surface area contributed by atoms with E-state index in [2.05, 4.69) is 0 Å². The van der Waals surface area contributed by atoms with Gasteiger partial charge in [-0.1, -0.05) is 18.2 Å². The summed E-state index contributed by atoms with van der Waals surface area (Å²) in [5.41, 5.74) is 1.66. The van der Waals surface area contributed by atoms with E-state index < -0.39 is 5.76 Å². The molecule has 0 N–H and O–H groups in total. The van der Waals surface area contributed by atoms with Crippen LogP contribution in [0.3, 0.4) is 0 Å². The molecule has 0 radical (unpaired) electrons. The van der Waals surface area contributed by atoms with Crippen LogP contribution in [-0.2, 0) is 22.4 Å². The molecule has 21 heavy (non-hydrogen) atoms. The molecular formula is C16H17NO4. The minimum Gasteiger partial charge on any atom is -0.466 e. The van der Waals surface area contributed by atoms with E-state index in [4.69, 9.17) is 9.15 Å². The predicted octanol–water partition coefficient (Wildman–Crippen LogP) is 2.10. The predicted molar refractivity (Wildman–Crippen MR) is 76.5 cm³/mol. The van der Waals surface area contributed by atoms with Crippen molar-refractivity contribution in [2.45, 2.75) is 26.2 Å². The molecule has 1 aliphatic carbocycles. The van der Waals surface area contributed by atoms with Gasteiger partial charge in [-0.25, -0.2) is 9.36 Å². The molecule has 1 atom stereocenters. The number of para-hydroxylation sites is 1. The SMILES string of the molecule is CCOC(=O)C1CCc2c(oc(=O)n2-c2ccccc2)C1. The van der Waals surface area contributed by atoms with Crippen molar-refractivity contribution in [2.75, 3.05) is 6.61 Å². The highest BCUT2D eigenvalue weighted by atomic mass is 16.5. The Bertz CT molecular complexity index is 699. The fourth-order valence-corrected chi connectivity index (χ4v) is 2.79. The number of rotatable bonds is 3. The number of benzene rings is 1. The van der Waals surface area contributed by atoms with Crippen molar-refractivity contribution in [2.24, 2.45) is 5.92 Å². The van der Waals surface area contributed by atoms with Gasteiger partial charge in [0.25, 0.3) is 0 Å². The molecule has 0 bridgehead atoms. The van der Waals surface area contributed by atoms with Gasteiger partial charge in [0.1, 0.15) is 5.76 Å². The molecule has 110 valence electrons. The molecule has 2 aromatic rings. The van der Waals surface area contributed by atoms with Crippen LogP contribution in [0.5, 0.6) is 0 Å². The maximum Gasteiger partial charge on any atom is 0.424 e. The highest BCUT2D eigenvalue weighted by Crippen LogP contribution is 2.27. The maximum absolute atomic E-state index is 12.1. The Kier molecular flexibility index (Phi) is 3.64. The van der Waals surface area contributed by atoms with Crippen molar-refractivity contribution < 1.29 is 13.9 Å². The number of hydrogen-bond donors (Lipinski definition) is 0. The zero-order valence-corrected chi connectivity index (χ0v) is 11.9. The molecule has 1 aromatic heterocycles. The van der Waals surface area contributed by atoms with Gasteiger partial charge in [0.05, 0.1) is 23.9 Å². The van der Waals surface area contributed by atoms with Crippen LogP contribution in [0.1, 0.15) is 24.8 Å². The first-order valence-corrected chi connectivity index (χ1v) is 7.16. The summed E-state index contributed by atoms with van der Waals surface area (Å²) in [7, 11) is 0. The van der Waals surface area contributed by atoms with E-state index in [9.17, 15) is 9.59 Å². The average molecular weight is 287 g/mol. The second-order valence-electron chi connectivity index (χ2n) is 5.10. The Morgan fingerprint density at radius 1 is 1.38 bits per heavy atom. The lowest BCUT2D eigenvalue weighted by atomic mass is 9.90. The zero-order chi connectivity index (χ0) is 14.8. The van der Waals surface area contributed by atoms with Crippen molar-refractivity contribution in [3.63, 3.8) is 0 Å². The van der Waals surface area contributed by atoms with Crippen molar-refractivity contribution in [3.05, 3.63) is 52.3 Å². The lowest BCUT2D eigenvalue weighted by Crippen LogP contribution is -2.25. The number of aromatic nitrogens is 1. The highest BCUT2D eigenvalue weighted by molar-refractivity contribution is 5.73. The van der Waals surface area contributed by atoms with Crippen LogP contribution >= 0.6 is 0 Å². The maximum atomic E-state index is 12.1. The number of hydrogen-bond acceptors (Lipinski definition) is 4. The first-order chi connectivity index (χ1) is 10.2. The van der Waals surface area contributed by atoms with Gasteiger partial charge in [-0.05, 0) is 31.9 Å². The van der Waals surface area contributed by atoms with Crippen LogP contribution in [0, 0.1) is 5.92 Å². The normalized spacial score (nSPS) is 17.3. The number of carbonyl (C=O) groups is 1. The van der Waals surface area contributed by atoms with Crippen LogP contribution < -0.4 is 5.76 Å². The quantitative estimate of drug-likeness (QED) is 0.811. The summed E-state index contributed by atoms with van der Waals surface area (Å²) in [6.45, 7) is 2.16. The molecule has 0 amide bonds. The van der Waals surface area contributed by atoms with E-state index >= 15 is 0 Å². The van der Waals surface area contributed by atoms with Gasteiger partial charge in [-0.15, -0.1) is 0 Å². The van der Waals surface area contributed by atoms with Gasteiger partial charge in [0, 0.05) is 6.42 Å². The molecule has 5 nitrogen and oxygen atoms in total. The van der Waals surface area contributed by atoms with Crippen LogP contribution in [-0.4, -0.2) is 17.1 Å². The first-order valence-electron chi connectivity index (χ1n) is 7.16. The number of carbonyl (C=O) groups excluding carboxylic acids is 1. The van der Waals surface area contributed by atoms with Crippen LogP contribution in [0.25, 0.3) is 5.69 Å². The second-order valence-corrected chi connectivity index (χ2v) is 5.10. The van der Waals surface area contributed by atoms with Gasteiger partial charge in [0.2, 0.25) is 0 Å². The van der Waals surface area contributed by atoms with Crippen molar-refractivity contribution >= 4 is 5.97 Å². The largest absolute Gasteiger partial charge is 0.466 e.